The molecule has 0 saturated heterocycles. The van der Waals surface area contributed by atoms with E-state index in [4.69, 9.17) is 4.55 Å². The van der Waals surface area contributed by atoms with E-state index in [-0.39, 0.29) is 16.6 Å². The Morgan fingerprint density at radius 1 is 1.27 bits per heavy atom. The topological polar surface area (TPSA) is 74.6 Å². The van der Waals surface area contributed by atoms with Gasteiger partial charge in [0.05, 0.1) is 4.90 Å². The molecule has 0 atom stereocenters. The molecule has 0 saturated carbocycles. The van der Waals surface area contributed by atoms with E-state index in [1.807, 2.05) is 0 Å². The smallest absolute Gasteiger partial charge is 0.294 e. The highest BCUT2D eigenvalue weighted by molar-refractivity contribution is 7.85. The molecule has 84 valence electrons. The number of hydrogen-bond acceptors (Lipinski definition) is 3. The van der Waals surface area contributed by atoms with E-state index in [1.165, 1.54) is 12.1 Å². The maximum absolute atomic E-state index is 11.1. The van der Waals surface area contributed by atoms with Crippen LogP contribution in [-0.4, -0.2) is 18.1 Å². The van der Waals surface area contributed by atoms with E-state index in [0.29, 0.717) is 11.1 Å². The Bertz CT molecular complexity index is 474. The third-order valence-corrected chi connectivity index (χ3v) is 3.14. The van der Waals surface area contributed by atoms with Crippen LogP contribution in [-0.2, 0) is 10.1 Å². The Kier molecular flexibility index (Phi) is 3.06. The fraction of sp³-hybridized carbons (Fsp3) is 0.400. The van der Waals surface area contributed by atoms with Gasteiger partial charge in [-0.3, -0.25) is 4.55 Å². The second-order valence-corrected chi connectivity index (χ2v) is 5.20. The molecule has 0 radical (unpaired) electrons. The van der Waals surface area contributed by atoms with Crippen molar-refractivity contribution in [1.29, 1.82) is 0 Å². The lowest BCUT2D eigenvalue weighted by Gasteiger charge is -2.12. The molecule has 0 aliphatic rings. The molecule has 15 heavy (non-hydrogen) atoms. The van der Waals surface area contributed by atoms with E-state index >= 15 is 0 Å². The third kappa shape index (κ3) is 2.49. The minimum Gasteiger partial charge on any atom is -0.508 e. The Balaban J connectivity index is 3.56. The minimum absolute atomic E-state index is 0.0334. The largest absolute Gasteiger partial charge is 0.508 e. The summed E-state index contributed by atoms with van der Waals surface area (Å²) in [5, 5.41) is 9.46. The van der Waals surface area contributed by atoms with Crippen molar-refractivity contribution >= 4 is 10.1 Å². The molecule has 0 aromatic heterocycles. The van der Waals surface area contributed by atoms with Gasteiger partial charge in [0.25, 0.3) is 10.1 Å². The predicted octanol–water partition coefficient (Wildman–Crippen LogP) is 2.07. The van der Waals surface area contributed by atoms with E-state index in [0.717, 1.165) is 0 Å². The summed E-state index contributed by atoms with van der Waals surface area (Å²) in [6.07, 6.45) is 0. The van der Waals surface area contributed by atoms with Crippen molar-refractivity contribution < 1.29 is 18.1 Å². The molecule has 0 aliphatic carbocycles. The van der Waals surface area contributed by atoms with Gasteiger partial charge in [0.2, 0.25) is 0 Å². The number of aryl methyl sites for hydroxylation is 1. The predicted molar refractivity (Wildman–Crippen MR) is 56.7 cm³/mol. The normalized spacial score (nSPS) is 12.1. The monoisotopic (exact) mass is 230 g/mol. The van der Waals surface area contributed by atoms with Crippen LogP contribution in [0.15, 0.2) is 17.0 Å². The van der Waals surface area contributed by atoms with Gasteiger partial charge in [-0.2, -0.15) is 8.42 Å². The lowest BCUT2D eigenvalue weighted by molar-refractivity contribution is 0.466. The van der Waals surface area contributed by atoms with Gasteiger partial charge in [-0.25, -0.2) is 0 Å². The summed E-state index contributed by atoms with van der Waals surface area (Å²) >= 11 is 0. The molecule has 0 heterocycles. The molecule has 1 aromatic rings. The maximum Gasteiger partial charge on any atom is 0.294 e. The van der Waals surface area contributed by atoms with Crippen LogP contribution in [0.3, 0.4) is 0 Å². The second kappa shape index (κ2) is 3.83. The number of phenols is 1. The molecule has 0 spiro atoms. The van der Waals surface area contributed by atoms with Gasteiger partial charge in [-0.05, 0) is 36.1 Å². The Labute approximate surface area is 89.3 Å². The number of rotatable bonds is 2. The first-order valence-electron chi connectivity index (χ1n) is 4.54. The van der Waals surface area contributed by atoms with Crippen molar-refractivity contribution in [2.75, 3.05) is 0 Å². The molecule has 2 N–H and O–H groups in total. The zero-order valence-electron chi connectivity index (χ0n) is 8.85. The van der Waals surface area contributed by atoms with Crippen molar-refractivity contribution in [3.05, 3.63) is 23.3 Å². The van der Waals surface area contributed by atoms with Gasteiger partial charge in [-0.15, -0.1) is 0 Å². The minimum atomic E-state index is -4.23. The summed E-state index contributed by atoms with van der Waals surface area (Å²) in [6, 6.07) is 2.66. The summed E-state index contributed by atoms with van der Waals surface area (Å²) in [7, 11) is -4.23. The van der Waals surface area contributed by atoms with Crippen LogP contribution in [0.1, 0.15) is 30.9 Å². The third-order valence-electron chi connectivity index (χ3n) is 2.23. The van der Waals surface area contributed by atoms with Crippen LogP contribution in [0.2, 0.25) is 0 Å². The van der Waals surface area contributed by atoms with E-state index in [9.17, 15) is 13.5 Å². The van der Waals surface area contributed by atoms with Crippen LogP contribution < -0.4 is 0 Å². The van der Waals surface area contributed by atoms with Gasteiger partial charge in [-0.1, -0.05) is 13.8 Å². The zero-order valence-corrected chi connectivity index (χ0v) is 9.67. The lowest BCUT2D eigenvalue weighted by Crippen LogP contribution is -2.05. The SMILES string of the molecule is Cc1cc(S(=O)(=O)O)c(C(C)C)cc1O. The molecular formula is C10H14O4S. The summed E-state index contributed by atoms with van der Waals surface area (Å²) in [4.78, 5) is -0.132. The molecule has 5 heteroatoms. The first kappa shape index (κ1) is 12.0. The standard InChI is InChI=1S/C10H14O4S/c1-6(2)8-5-9(11)7(3)4-10(8)15(12,13)14/h4-6,11H,1-3H3,(H,12,13,14). The number of hydrogen-bond donors (Lipinski definition) is 2. The molecular weight excluding hydrogens is 216 g/mol. The lowest BCUT2D eigenvalue weighted by atomic mass is 10.0. The summed E-state index contributed by atoms with van der Waals surface area (Å²) in [5.41, 5.74) is 0.840. The average molecular weight is 230 g/mol. The molecule has 4 nitrogen and oxygen atoms in total. The van der Waals surface area contributed by atoms with Crippen molar-refractivity contribution in [2.24, 2.45) is 0 Å². The van der Waals surface area contributed by atoms with Crippen LogP contribution in [0.25, 0.3) is 0 Å². The van der Waals surface area contributed by atoms with Gasteiger partial charge >= 0.3 is 0 Å². The van der Waals surface area contributed by atoms with E-state index < -0.39 is 10.1 Å². The van der Waals surface area contributed by atoms with Gasteiger partial charge in [0.1, 0.15) is 5.75 Å². The fourth-order valence-corrected chi connectivity index (χ4v) is 2.28. The Morgan fingerprint density at radius 3 is 2.20 bits per heavy atom. The van der Waals surface area contributed by atoms with Crippen LogP contribution >= 0.6 is 0 Å². The maximum atomic E-state index is 11.1. The average Bonchev–Trinajstić information content (AvgIpc) is 2.06. The highest BCUT2D eigenvalue weighted by Gasteiger charge is 2.19. The number of aromatic hydroxyl groups is 1. The molecule has 0 fully saturated rings. The summed E-state index contributed by atoms with van der Waals surface area (Å²) < 4.78 is 31.2. The molecule has 1 aromatic carbocycles. The van der Waals surface area contributed by atoms with Crippen LogP contribution in [0.4, 0.5) is 0 Å². The van der Waals surface area contributed by atoms with Gasteiger partial charge in [0.15, 0.2) is 0 Å². The zero-order chi connectivity index (χ0) is 11.8. The van der Waals surface area contributed by atoms with Gasteiger partial charge in [0, 0.05) is 0 Å². The molecule has 1 rings (SSSR count). The summed E-state index contributed by atoms with van der Waals surface area (Å²) in [5.74, 6) is -0.0560. The Hall–Kier alpha value is -1.07. The Morgan fingerprint density at radius 2 is 1.80 bits per heavy atom. The molecule has 0 aliphatic heterocycles. The van der Waals surface area contributed by atoms with Crippen LogP contribution in [0, 0.1) is 6.92 Å². The first-order chi connectivity index (χ1) is 6.73. The first-order valence-corrected chi connectivity index (χ1v) is 5.98. The fourth-order valence-electron chi connectivity index (χ4n) is 1.36. The molecule has 0 amide bonds. The quantitative estimate of drug-likeness (QED) is 0.763. The summed E-state index contributed by atoms with van der Waals surface area (Å²) in [6.45, 7) is 5.16. The highest BCUT2D eigenvalue weighted by atomic mass is 32.2. The second-order valence-electron chi connectivity index (χ2n) is 3.81. The number of phenolic OH excluding ortho intramolecular Hbond substituents is 1. The van der Waals surface area contributed by atoms with Crippen molar-refractivity contribution in [3.63, 3.8) is 0 Å². The van der Waals surface area contributed by atoms with E-state index in [2.05, 4.69) is 0 Å². The van der Waals surface area contributed by atoms with Crippen LogP contribution in [0.5, 0.6) is 5.75 Å². The van der Waals surface area contributed by atoms with E-state index in [1.54, 1.807) is 20.8 Å². The van der Waals surface area contributed by atoms with Crippen molar-refractivity contribution in [1.82, 2.24) is 0 Å². The van der Waals surface area contributed by atoms with Crippen molar-refractivity contribution in [2.45, 2.75) is 31.6 Å². The molecule has 0 unspecified atom stereocenters. The highest BCUT2D eigenvalue weighted by Crippen LogP contribution is 2.30. The molecule has 0 bridgehead atoms. The number of benzene rings is 1. The van der Waals surface area contributed by atoms with Crippen molar-refractivity contribution in [3.8, 4) is 5.75 Å². The van der Waals surface area contributed by atoms with Gasteiger partial charge < -0.3 is 5.11 Å².